The minimum atomic E-state index is -4.43. The van der Waals surface area contributed by atoms with Crippen LogP contribution in [0, 0.1) is 6.92 Å². The molecule has 0 aliphatic carbocycles. The van der Waals surface area contributed by atoms with E-state index < -0.39 is 17.9 Å². The summed E-state index contributed by atoms with van der Waals surface area (Å²) in [6, 6.07) is 8.02. The van der Waals surface area contributed by atoms with Crippen LogP contribution in [0.4, 0.5) is 13.2 Å². The van der Waals surface area contributed by atoms with Gasteiger partial charge in [-0.25, -0.2) is 0 Å². The summed E-state index contributed by atoms with van der Waals surface area (Å²) in [5.41, 5.74) is 6.63. The van der Waals surface area contributed by atoms with Crippen LogP contribution in [-0.2, 0) is 6.18 Å². The average Bonchev–Trinajstić information content (AvgIpc) is 2.82. The van der Waals surface area contributed by atoms with Gasteiger partial charge in [-0.2, -0.15) is 18.3 Å². The van der Waals surface area contributed by atoms with Crippen LogP contribution in [0.3, 0.4) is 0 Å². The molecule has 2 N–H and O–H groups in total. The van der Waals surface area contributed by atoms with Gasteiger partial charge >= 0.3 is 6.18 Å². The number of halogens is 3. The van der Waals surface area contributed by atoms with Crippen molar-refractivity contribution in [3.05, 3.63) is 53.3 Å². The number of alkyl halides is 3. The zero-order valence-corrected chi connectivity index (χ0v) is 10.4. The van der Waals surface area contributed by atoms with E-state index >= 15 is 0 Å². The Balaban J connectivity index is 2.38. The third-order valence-corrected chi connectivity index (χ3v) is 2.99. The summed E-state index contributed by atoms with van der Waals surface area (Å²) in [4.78, 5) is 0. The Hall–Kier alpha value is -1.82. The molecule has 0 saturated carbocycles. The van der Waals surface area contributed by atoms with Crippen molar-refractivity contribution in [2.45, 2.75) is 19.1 Å². The van der Waals surface area contributed by atoms with E-state index in [9.17, 15) is 13.2 Å². The summed E-state index contributed by atoms with van der Waals surface area (Å²) < 4.78 is 38.9. The van der Waals surface area contributed by atoms with Gasteiger partial charge in [0, 0.05) is 12.7 Å². The lowest BCUT2D eigenvalue weighted by Crippen LogP contribution is -2.22. The molecule has 19 heavy (non-hydrogen) atoms. The normalized spacial score (nSPS) is 13.5. The van der Waals surface area contributed by atoms with Crippen LogP contribution in [-0.4, -0.2) is 16.3 Å². The molecule has 3 nitrogen and oxygen atoms in total. The second-order valence-electron chi connectivity index (χ2n) is 4.29. The standard InChI is InChI=1S/C13H14F3N3/c1-9-4-2-3-5-10(9)11(8-17)19-7-6-12(18-19)13(14,15)16/h2-7,11H,8,17H2,1H3. The number of hydrogen-bond acceptors (Lipinski definition) is 2. The predicted octanol–water partition coefficient (Wildman–Crippen LogP) is 2.76. The number of nitrogens with zero attached hydrogens (tertiary/aromatic N) is 2. The van der Waals surface area contributed by atoms with Gasteiger partial charge in [0.2, 0.25) is 0 Å². The summed E-state index contributed by atoms with van der Waals surface area (Å²) in [6.07, 6.45) is -3.12. The molecule has 0 fully saturated rings. The Labute approximate surface area is 108 Å². The van der Waals surface area contributed by atoms with Gasteiger partial charge in [0.05, 0.1) is 6.04 Å². The molecule has 1 heterocycles. The highest BCUT2D eigenvalue weighted by molar-refractivity contribution is 5.29. The van der Waals surface area contributed by atoms with Crippen molar-refractivity contribution >= 4 is 0 Å². The highest BCUT2D eigenvalue weighted by atomic mass is 19.4. The van der Waals surface area contributed by atoms with Crippen molar-refractivity contribution < 1.29 is 13.2 Å². The maximum Gasteiger partial charge on any atom is 0.435 e. The Kier molecular flexibility index (Phi) is 3.61. The van der Waals surface area contributed by atoms with Crippen LogP contribution < -0.4 is 5.73 Å². The SMILES string of the molecule is Cc1ccccc1C(CN)n1ccc(C(F)(F)F)n1. The number of aromatic nitrogens is 2. The number of rotatable bonds is 3. The quantitative estimate of drug-likeness (QED) is 0.931. The van der Waals surface area contributed by atoms with Gasteiger partial charge in [-0.1, -0.05) is 24.3 Å². The van der Waals surface area contributed by atoms with E-state index in [1.54, 1.807) is 0 Å². The fraction of sp³-hybridized carbons (Fsp3) is 0.308. The zero-order valence-electron chi connectivity index (χ0n) is 10.4. The van der Waals surface area contributed by atoms with E-state index in [-0.39, 0.29) is 6.54 Å². The first kappa shape index (κ1) is 13.6. The topological polar surface area (TPSA) is 43.8 Å². The summed E-state index contributed by atoms with van der Waals surface area (Å²) in [7, 11) is 0. The molecule has 1 unspecified atom stereocenters. The molecule has 0 bridgehead atoms. The molecule has 2 aromatic rings. The van der Waals surface area contributed by atoms with Crippen LogP contribution >= 0.6 is 0 Å². The van der Waals surface area contributed by atoms with Crippen LogP contribution in [0.25, 0.3) is 0 Å². The Bertz CT molecular complexity index is 560. The molecule has 0 saturated heterocycles. The summed E-state index contributed by atoms with van der Waals surface area (Å²) in [5.74, 6) is 0. The van der Waals surface area contributed by atoms with Crippen molar-refractivity contribution in [1.29, 1.82) is 0 Å². The van der Waals surface area contributed by atoms with Gasteiger partial charge in [0.1, 0.15) is 0 Å². The number of nitrogens with two attached hydrogens (primary N) is 1. The molecular weight excluding hydrogens is 255 g/mol. The second-order valence-corrected chi connectivity index (χ2v) is 4.29. The van der Waals surface area contributed by atoms with Crippen molar-refractivity contribution in [3.8, 4) is 0 Å². The van der Waals surface area contributed by atoms with E-state index in [2.05, 4.69) is 5.10 Å². The zero-order chi connectivity index (χ0) is 14.0. The van der Waals surface area contributed by atoms with Gasteiger partial charge < -0.3 is 5.73 Å². The van der Waals surface area contributed by atoms with E-state index in [1.165, 1.54) is 10.9 Å². The van der Waals surface area contributed by atoms with E-state index in [4.69, 9.17) is 5.73 Å². The maximum absolute atomic E-state index is 12.5. The second kappa shape index (κ2) is 5.05. The summed E-state index contributed by atoms with van der Waals surface area (Å²) in [5, 5.41) is 3.58. The number of aryl methyl sites for hydroxylation is 1. The summed E-state index contributed by atoms with van der Waals surface area (Å²) in [6.45, 7) is 2.08. The third-order valence-electron chi connectivity index (χ3n) is 2.99. The van der Waals surface area contributed by atoms with E-state index in [1.807, 2.05) is 31.2 Å². The first-order valence-corrected chi connectivity index (χ1v) is 5.81. The van der Waals surface area contributed by atoms with Crippen LogP contribution in [0.15, 0.2) is 36.5 Å². The molecular formula is C13H14F3N3. The van der Waals surface area contributed by atoms with Crippen molar-refractivity contribution in [2.24, 2.45) is 5.73 Å². The molecule has 0 amide bonds. The molecule has 2 rings (SSSR count). The molecule has 0 radical (unpaired) electrons. The van der Waals surface area contributed by atoms with Gasteiger partial charge in [-0.15, -0.1) is 0 Å². The van der Waals surface area contributed by atoms with Gasteiger partial charge in [0.15, 0.2) is 5.69 Å². The lowest BCUT2D eigenvalue weighted by molar-refractivity contribution is -0.141. The lowest BCUT2D eigenvalue weighted by atomic mass is 10.0. The van der Waals surface area contributed by atoms with Gasteiger partial charge in [-0.3, -0.25) is 4.68 Å². The fourth-order valence-corrected chi connectivity index (χ4v) is 2.00. The highest BCUT2D eigenvalue weighted by Gasteiger charge is 2.34. The molecule has 102 valence electrons. The molecule has 0 aliphatic rings. The van der Waals surface area contributed by atoms with E-state index in [0.29, 0.717) is 0 Å². The van der Waals surface area contributed by atoms with Crippen molar-refractivity contribution in [3.63, 3.8) is 0 Å². The first-order chi connectivity index (χ1) is 8.93. The van der Waals surface area contributed by atoms with Crippen LogP contribution in [0.2, 0.25) is 0 Å². The first-order valence-electron chi connectivity index (χ1n) is 5.81. The van der Waals surface area contributed by atoms with Crippen LogP contribution in [0.1, 0.15) is 22.9 Å². The predicted molar refractivity (Wildman–Crippen MR) is 65.6 cm³/mol. The molecule has 1 aromatic carbocycles. The van der Waals surface area contributed by atoms with Crippen LogP contribution in [0.5, 0.6) is 0 Å². The lowest BCUT2D eigenvalue weighted by Gasteiger charge is -2.18. The molecule has 6 heteroatoms. The minimum absolute atomic E-state index is 0.184. The van der Waals surface area contributed by atoms with Gasteiger partial charge in [-0.05, 0) is 24.1 Å². The fourth-order valence-electron chi connectivity index (χ4n) is 2.00. The van der Waals surface area contributed by atoms with E-state index in [0.717, 1.165) is 17.2 Å². The number of hydrogen-bond donors (Lipinski definition) is 1. The van der Waals surface area contributed by atoms with Gasteiger partial charge in [0.25, 0.3) is 0 Å². The third kappa shape index (κ3) is 2.78. The smallest absolute Gasteiger partial charge is 0.328 e. The van der Waals surface area contributed by atoms with Crippen molar-refractivity contribution in [2.75, 3.05) is 6.54 Å². The largest absolute Gasteiger partial charge is 0.435 e. The maximum atomic E-state index is 12.5. The highest BCUT2D eigenvalue weighted by Crippen LogP contribution is 2.29. The Morgan fingerprint density at radius 2 is 1.95 bits per heavy atom. The van der Waals surface area contributed by atoms with Crippen molar-refractivity contribution in [1.82, 2.24) is 9.78 Å². The molecule has 1 atom stereocenters. The Morgan fingerprint density at radius 1 is 1.26 bits per heavy atom. The molecule has 0 aliphatic heterocycles. The minimum Gasteiger partial charge on any atom is -0.328 e. The Morgan fingerprint density at radius 3 is 2.47 bits per heavy atom. The molecule has 0 spiro atoms. The summed E-state index contributed by atoms with van der Waals surface area (Å²) >= 11 is 0. The molecule has 1 aromatic heterocycles. The average molecular weight is 269 g/mol. The monoisotopic (exact) mass is 269 g/mol. The number of benzene rings is 1.